The second kappa shape index (κ2) is 8.60. The first kappa shape index (κ1) is 18.9. The molecule has 1 aromatic carbocycles. The Morgan fingerprint density at radius 3 is 2.50 bits per heavy atom. The molecule has 1 amide bonds. The molecule has 1 aliphatic rings. The Morgan fingerprint density at radius 1 is 1.21 bits per heavy atom. The Bertz CT molecular complexity index is 643. The van der Waals surface area contributed by atoms with Gasteiger partial charge in [0.15, 0.2) is 0 Å². The molecule has 6 nitrogen and oxygen atoms in total. The summed E-state index contributed by atoms with van der Waals surface area (Å²) < 4.78 is 31.4. The van der Waals surface area contributed by atoms with E-state index >= 15 is 0 Å². The number of carbonyl (C=O) groups is 1. The minimum absolute atomic E-state index is 0.140. The van der Waals surface area contributed by atoms with Crippen molar-refractivity contribution in [2.45, 2.75) is 43.5 Å². The van der Waals surface area contributed by atoms with E-state index in [9.17, 15) is 13.2 Å². The largest absolute Gasteiger partial charge is 0.383 e. The summed E-state index contributed by atoms with van der Waals surface area (Å²) in [5.41, 5.74) is 0.476. The highest BCUT2D eigenvalue weighted by atomic mass is 32.2. The fourth-order valence-electron chi connectivity index (χ4n) is 2.93. The van der Waals surface area contributed by atoms with Gasteiger partial charge < -0.3 is 10.1 Å². The molecule has 0 aliphatic heterocycles. The van der Waals surface area contributed by atoms with Crippen molar-refractivity contribution in [2.75, 3.05) is 20.3 Å². The molecule has 2 atom stereocenters. The van der Waals surface area contributed by atoms with E-state index in [1.54, 1.807) is 12.1 Å². The van der Waals surface area contributed by atoms with Crippen LogP contribution in [0.4, 0.5) is 0 Å². The smallest absolute Gasteiger partial charge is 0.251 e. The van der Waals surface area contributed by atoms with Gasteiger partial charge >= 0.3 is 0 Å². The molecule has 0 bridgehead atoms. The standard InChI is InChI=1S/C17H26N2O4S/c1-13-5-3-4-6-16(13)19-17(20)14-7-9-15(10-8-14)24(21,22)18-11-12-23-2/h7-10,13,16,18H,3-6,11-12H2,1-2H3,(H,19,20)/t13-,16+/m1/s1. The number of nitrogens with one attached hydrogen (secondary N) is 2. The molecule has 0 saturated heterocycles. The minimum atomic E-state index is -3.57. The highest BCUT2D eigenvalue weighted by Gasteiger charge is 2.23. The monoisotopic (exact) mass is 354 g/mol. The van der Waals surface area contributed by atoms with Crippen LogP contribution in [0.1, 0.15) is 43.0 Å². The van der Waals surface area contributed by atoms with Crippen LogP contribution in [0.2, 0.25) is 0 Å². The maximum atomic E-state index is 12.3. The number of amides is 1. The molecular formula is C17H26N2O4S. The number of hydrogen-bond donors (Lipinski definition) is 2. The Hall–Kier alpha value is -1.44. The molecular weight excluding hydrogens is 328 g/mol. The van der Waals surface area contributed by atoms with Crippen molar-refractivity contribution < 1.29 is 17.9 Å². The van der Waals surface area contributed by atoms with Crippen LogP contribution >= 0.6 is 0 Å². The van der Waals surface area contributed by atoms with E-state index in [1.807, 2.05) is 0 Å². The maximum Gasteiger partial charge on any atom is 0.251 e. The number of rotatable bonds is 7. The lowest BCUT2D eigenvalue weighted by molar-refractivity contribution is 0.0910. The van der Waals surface area contributed by atoms with Crippen molar-refractivity contribution in [3.8, 4) is 0 Å². The first-order valence-electron chi connectivity index (χ1n) is 8.33. The number of carbonyl (C=O) groups excluding carboxylic acids is 1. The van der Waals surface area contributed by atoms with Gasteiger partial charge in [-0.1, -0.05) is 19.8 Å². The Kier molecular flexibility index (Phi) is 6.77. The van der Waals surface area contributed by atoms with Crippen LogP contribution in [0.5, 0.6) is 0 Å². The Morgan fingerprint density at radius 2 is 1.88 bits per heavy atom. The van der Waals surface area contributed by atoms with E-state index < -0.39 is 10.0 Å². The second-order valence-corrected chi connectivity index (χ2v) is 8.02. The maximum absolute atomic E-state index is 12.3. The zero-order valence-corrected chi connectivity index (χ0v) is 15.1. The zero-order valence-electron chi connectivity index (χ0n) is 14.2. The molecule has 1 saturated carbocycles. The van der Waals surface area contributed by atoms with Gasteiger partial charge in [-0.3, -0.25) is 4.79 Å². The van der Waals surface area contributed by atoms with E-state index in [2.05, 4.69) is 17.0 Å². The van der Waals surface area contributed by atoms with Crippen LogP contribution in [-0.2, 0) is 14.8 Å². The molecule has 0 spiro atoms. The van der Waals surface area contributed by atoms with Crippen molar-refractivity contribution in [1.29, 1.82) is 0 Å². The van der Waals surface area contributed by atoms with Gasteiger partial charge in [-0.15, -0.1) is 0 Å². The number of ether oxygens (including phenoxy) is 1. The van der Waals surface area contributed by atoms with Gasteiger partial charge in [-0.25, -0.2) is 13.1 Å². The third kappa shape index (κ3) is 5.03. The van der Waals surface area contributed by atoms with Crippen molar-refractivity contribution in [3.05, 3.63) is 29.8 Å². The van der Waals surface area contributed by atoms with Crippen molar-refractivity contribution in [1.82, 2.24) is 10.0 Å². The predicted molar refractivity (Wildman–Crippen MR) is 92.4 cm³/mol. The van der Waals surface area contributed by atoms with Crippen LogP contribution in [-0.4, -0.2) is 40.6 Å². The zero-order chi connectivity index (χ0) is 17.6. The van der Waals surface area contributed by atoms with Gasteiger partial charge in [-0.05, 0) is 43.0 Å². The van der Waals surface area contributed by atoms with Gasteiger partial charge in [-0.2, -0.15) is 0 Å². The van der Waals surface area contributed by atoms with Crippen LogP contribution in [0, 0.1) is 5.92 Å². The summed E-state index contributed by atoms with van der Waals surface area (Å²) in [7, 11) is -2.06. The lowest BCUT2D eigenvalue weighted by atomic mass is 9.86. The first-order valence-corrected chi connectivity index (χ1v) is 9.82. The molecule has 2 N–H and O–H groups in total. The molecule has 0 aromatic heterocycles. The topological polar surface area (TPSA) is 84.5 Å². The summed E-state index contributed by atoms with van der Waals surface area (Å²) in [6.07, 6.45) is 4.49. The highest BCUT2D eigenvalue weighted by Crippen LogP contribution is 2.24. The van der Waals surface area contributed by atoms with E-state index in [0.29, 0.717) is 18.1 Å². The van der Waals surface area contributed by atoms with Crippen molar-refractivity contribution >= 4 is 15.9 Å². The quantitative estimate of drug-likeness (QED) is 0.733. The molecule has 0 unspecified atom stereocenters. The minimum Gasteiger partial charge on any atom is -0.383 e. The summed E-state index contributed by atoms with van der Waals surface area (Å²) in [5, 5.41) is 3.06. The first-order chi connectivity index (χ1) is 11.4. The third-order valence-corrected chi connectivity index (χ3v) is 5.93. The fraction of sp³-hybridized carbons (Fsp3) is 0.588. The van der Waals surface area contributed by atoms with E-state index in [4.69, 9.17) is 4.74 Å². The van der Waals surface area contributed by atoms with Crippen molar-refractivity contribution in [3.63, 3.8) is 0 Å². The van der Waals surface area contributed by atoms with Gasteiger partial charge in [0.1, 0.15) is 0 Å². The summed E-state index contributed by atoms with van der Waals surface area (Å²) >= 11 is 0. The SMILES string of the molecule is COCCNS(=O)(=O)c1ccc(C(=O)N[C@H]2CCCC[C@H]2C)cc1. The van der Waals surface area contributed by atoms with E-state index in [0.717, 1.165) is 19.3 Å². The number of sulfonamides is 1. The average Bonchev–Trinajstić information content (AvgIpc) is 2.57. The Labute approximate surface area is 144 Å². The van der Waals surface area contributed by atoms with Gasteiger partial charge in [0.05, 0.1) is 11.5 Å². The van der Waals surface area contributed by atoms with E-state index in [-0.39, 0.29) is 23.4 Å². The highest BCUT2D eigenvalue weighted by molar-refractivity contribution is 7.89. The summed E-state index contributed by atoms with van der Waals surface area (Å²) in [5.74, 6) is 0.331. The van der Waals surface area contributed by atoms with Gasteiger partial charge in [0.25, 0.3) is 5.91 Å². The second-order valence-electron chi connectivity index (χ2n) is 6.26. The normalized spacial score (nSPS) is 21.4. The van der Waals surface area contributed by atoms with E-state index in [1.165, 1.54) is 25.7 Å². The van der Waals surface area contributed by atoms with Crippen LogP contribution in [0.15, 0.2) is 29.2 Å². The predicted octanol–water partition coefficient (Wildman–Crippen LogP) is 1.92. The van der Waals surface area contributed by atoms with Crippen LogP contribution < -0.4 is 10.0 Å². The lowest BCUT2D eigenvalue weighted by Gasteiger charge is -2.29. The van der Waals surface area contributed by atoms with Crippen molar-refractivity contribution in [2.24, 2.45) is 5.92 Å². The molecule has 134 valence electrons. The molecule has 1 aliphatic carbocycles. The number of hydrogen-bond acceptors (Lipinski definition) is 4. The molecule has 0 radical (unpaired) electrons. The summed E-state index contributed by atoms with van der Waals surface area (Å²) in [4.78, 5) is 12.5. The Balaban J connectivity index is 1.99. The summed E-state index contributed by atoms with van der Waals surface area (Å²) in [6.45, 7) is 2.67. The molecule has 2 rings (SSSR count). The fourth-order valence-corrected chi connectivity index (χ4v) is 3.94. The lowest BCUT2D eigenvalue weighted by Crippen LogP contribution is -2.41. The van der Waals surface area contributed by atoms with Gasteiger partial charge in [0.2, 0.25) is 10.0 Å². The summed E-state index contributed by atoms with van der Waals surface area (Å²) in [6, 6.07) is 6.20. The number of benzene rings is 1. The molecule has 7 heteroatoms. The van der Waals surface area contributed by atoms with Crippen LogP contribution in [0.25, 0.3) is 0 Å². The molecule has 1 fully saturated rings. The molecule has 24 heavy (non-hydrogen) atoms. The molecule has 0 heterocycles. The third-order valence-electron chi connectivity index (χ3n) is 4.45. The number of methoxy groups -OCH3 is 1. The molecule has 1 aromatic rings. The van der Waals surface area contributed by atoms with Crippen LogP contribution in [0.3, 0.4) is 0 Å². The average molecular weight is 354 g/mol. The van der Waals surface area contributed by atoms with Gasteiger partial charge in [0, 0.05) is 25.3 Å².